The predicted octanol–water partition coefficient (Wildman–Crippen LogP) is 0.422. The van der Waals surface area contributed by atoms with Gasteiger partial charge < -0.3 is 30.9 Å². The second-order valence-electron chi connectivity index (χ2n) is 9.04. The Morgan fingerprint density at radius 1 is 1.16 bits per heavy atom. The van der Waals surface area contributed by atoms with Crippen molar-refractivity contribution in [3.8, 4) is 0 Å². The van der Waals surface area contributed by atoms with Crippen LogP contribution in [-0.4, -0.2) is 89.5 Å². The van der Waals surface area contributed by atoms with E-state index in [9.17, 15) is 19.2 Å². The molecule has 0 aromatic rings. The number of hydrogen-bond acceptors (Lipinski definition) is 7. The van der Waals surface area contributed by atoms with Crippen molar-refractivity contribution in [2.75, 3.05) is 39.3 Å². The van der Waals surface area contributed by atoms with Crippen LogP contribution in [0.25, 0.3) is 0 Å². The number of hydrogen-bond donors (Lipinski definition) is 3. The number of ether oxygens (including phenoxy) is 1. The number of carbonyl (C=O) groups excluding carboxylic acids is 4. The predicted molar refractivity (Wildman–Crippen MR) is 118 cm³/mol. The lowest BCUT2D eigenvalue weighted by Crippen LogP contribution is -2.70. The first-order chi connectivity index (χ1) is 15.0. The van der Waals surface area contributed by atoms with Gasteiger partial charge in [0.05, 0.1) is 18.3 Å². The lowest BCUT2D eigenvalue weighted by Gasteiger charge is -2.46. The van der Waals surface area contributed by atoms with Gasteiger partial charge in [-0.1, -0.05) is 6.58 Å². The topological polar surface area (TPSA) is 137 Å². The molecule has 2 atom stereocenters. The van der Waals surface area contributed by atoms with E-state index in [0.29, 0.717) is 38.3 Å². The summed E-state index contributed by atoms with van der Waals surface area (Å²) in [5, 5.41) is 5.77. The molecule has 0 aromatic heterocycles. The van der Waals surface area contributed by atoms with Gasteiger partial charge >= 0.3 is 18.0 Å². The van der Waals surface area contributed by atoms with Crippen molar-refractivity contribution in [1.29, 1.82) is 0 Å². The molecule has 1 unspecified atom stereocenters. The smallest absolute Gasteiger partial charge is 0.330 e. The molecule has 32 heavy (non-hydrogen) atoms. The van der Waals surface area contributed by atoms with Crippen LogP contribution in [0.3, 0.4) is 0 Å². The molecule has 0 radical (unpaired) electrons. The highest BCUT2D eigenvalue weighted by molar-refractivity contribution is 6.07. The van der Waals surface area contributed by atoms with Crippen LogP contribution in [0.2, 0.25) is 0 Å². The number of imide groups is 1. The van der Waals surface area contributed by atoms with E-state index in [1.54, 1.807) is 11.8 Å². The van der Waals surface area contributed by atoms with Crippen LogP contribution in [0.1, 0.15) is 40.5 Å². The van der Waals surface area contributed by atoms with Crippen molar-refractivity contribution < 1.29 is 23.9 Å². The molecule has 2 aliphatic heterocycles. The zero-order valence-corrected chi connectivity index (χ0v) is 19.5. The summed E-state index contributed by atoms with van der Waals surface area (Å²) in [6, 6.07) is -1.64. The molecule has 180 valence electrons. The third-order valence-corrected chi connectivity index (χ3v) is 5.31. The van der Waals surface area contributed by atoms with Gasteiger partial charge in [0.2, 0.25) is 5.91 Å². The zero-order valence-electron chi connectivity index (χ0n) is 19.5. The summed E-state index contributed by atoms with van der Waals surface area (Å²) in [5.74, 6) is -1.24. The summed E-state index contributed by atoms with van der Waals surface area (Å²) >= 11 is 0. The number of carbonyl (C=O) groups is 4. The number of piperazine rings is 1. The number of nitrogens with one attached hydrogen (secondary N) is 2. The Bertz CT molecular complexity index is 741. The van der Waals surface area contributed by atoms with Crippen LogP contribution < -0.4 is 16.4 Å². The maximum absolute atomic E-state index is 13.0. The zero-order chi connectivity index (χ0) is 24.1. The molecule has 2 heterocycles. The Morgan fingerprint density at radius 2 is 1.75 bits per heavy atom. The molecule has 11 heteroatoms. The summed E-state index contributed by atoms with van der Waals surface area (Å²) in [6.45, 7) is 12.8. The Balaban J connectivity index is 1.97. The van der Waals surface area contributed by atoms with Crippen molar-refractivity contribution in [1.82, 2.24) is 25.3 Å². The van der Waals surface area contributed by atoms with E-state index in [1.807, 2.05) is 20.8 Å². The molecular weight excluding hydrogens is 416 g/mol. The monoisotopic (exact) mass is 452 g/mol. The van der Waals surface area contributed by atoms with Crippen LogP contribution in [-0.2, 0) is 14.3 Å². The third kappa shape index (κ3) is 6.27. The number of amides is 5. The fourth-order valence-corrected chi connectivity index (χ4v) is 3.76. The fraction of sp³-hybridized carbons (Fsp3) is 0.714. The minimum atomic E-state index is -0.932. The Hall–Kier alpha value is -2.98. The summed E-state index contributed by atoms with van der Waals surface area (Å²) in [4.78, 5) is 54.8. The molecule has 0 saturated carbocycles. The van der Waals surface area contributed by atoms with Crippen molar-refractivity contribution in [2.24, 2.45) is 11.7 Å². The standard InChI is InChI=1S/C21H36N6O5/c1-6-32-18(29)16-15(8-7-9-23-14(2)22)17(28)27(16)20(31)26-12-10-25(11-13-26)19(30)24-21(3,4)5/h15-16,23H,2,6-13,22H2,1,3-5H3,(H,24,30)/t15-,16?/m1/s1. The van der Waals surface area contributed by atoms with Gasteiger partial charge in [0.25, 0.3) is 0 Å². The van der Waals surface area contributed by atoms with Crippen LogP contribution in [0, 0.1) is 5.92 Å². The van der Waals surface area contributed by atoms with Crippen LogP contribution in [0.5, 0.6) is 0 Å². The first-order valence-electron chi connectivity index (χ1n) is 11.0. The minimum absolute atomic E-state index is 0.161. The number of rotatable bonds is 7. The normalized spacial score (nSPS) is 21.0. The summed E-state index contributed by atoms with van der Waals surface area (Å²) in [5.41, 5.74) is 5.11. The van der Waals surface area contributed by atoms with Gasteiger partial charge in [0, 0.05) is 38.3 Å². The second kappa shape index (κ2) is 10.6. The minimum Gasteiger partial charge on any atom is -0.464 e. The number of β-lactam (4-membered cyclic amide) rings is 1. The van der Waals surface area contributed by atoms with E-state index < -0.39 is 24.0 Å². The quantitative estimate of drug-likeness (QED) is 0.289. The highest BCUT2D eigenvalue weighted by Crippen LogP contribution is 2.33. The van der Waals surface area contributed by atoms with Gasteiger partial charge in [0.15, 0.2) is 6.04 Å². The number of likely N-dealkylation sites (tertiary alicyclic amines) is 1. The largest absolute Gasteiger partial charge is 0.464 e. The molecule has 4 N–H and O–H groups in total. The Labute approximate surface area is 189 Å². The number of nitrogens with zero attached hydrogens (tertiary/aromatic N) is 3. The average molecular weight is 453 g/mol. The maximum Gasteiger partial charge on any atom is 0.330 e. The molecular formula is C21H36N6O5. The summed E-state index contributed by atoms with van der Waals surface area (Å²) < 4.78 is 5.12. The van der Waals surface area contributed by atoms with E-state index in [4.69, 9.17) is 10.5 Å². The molecule has 2 saturated heterocycles. The molecule has 0 aliphatic carbocycles. The van der Waals surface area contributed by atoms with Crippen molar-refractivity contribution >= 4 is 23.9 Å². The fourth-order valence-electron chi connectivity index (χ4n) is 3.76. The number of esters is 1. The lowest BCUT2D eigenvalue weighted by atomic mass is 9.83. The summed E-state index contributed by atoms with van der Waals surface area (Å²) in [7, 11) is 0. The summed E-state index contributed by atoms with van der Waals surface area (Å²) in [6.07, 6.45) is 1.01. The number of nitrogens with two attached hydrogens (primary N) is 1. The second-order valence-corrected chi connectivity index (χ2v) is 9.04. The average Bonchev–Trinajstić information content (AvgIpc) is 2.70. The molecule has 2 aliphatic rings. The van der Waals surface area contributed by atoms with E-state index in [0.717, 1.165) is 4.90 Å². The molecule has 0 aromatic carbocycles. The van der Waals surface area contributed by atoms with Crippen LogP contribution in [0.15, 0.2) is 12.4 Å². The van der Waals surface area contributed by atoms with E-state index >= 15 is 0 Å². The number of urea groups is 2. The molecule has 5 amide bonds. The first kappa shape index (κ1) is 25.3. The Morgan fingerprint density at radius 3 is 2.28 bits per heavy atom. The van der Waals surface area contributed by atoms with Crippen LogP contribution in [0.4, 0.5) is 9.59 Å². The van der Waals surface area contributed by atoms with Crippen molar-refractivity contribution in [3.63, 3.8) is 0 Å². The van der Waals surface area contributed by atoms with E-state index in [-0.39, 0.29) is 37.2 Å². The van der Waals surface area contributed by atoms with Gasteiger partial charge in [-0.2, -0.15) is 0 Å². The molecule has 2 rings (SSSR count). The SMILES string of the molecule is C=C(N)NCCC[C@H]1C(=O)N(C(=O)N2CCN(C(=O)NC(C)(C)C)CC2)C1C(=O)OCC. The lowest BCUT2D eigenvalue weighted by molar-refractivity contribution is -0.170. The van der Waals surface area contributed by atoms with E-state index in [1.165, 1.54) is 4.90 Å². The van der Waals surface area contributed by atoms with E-state index in [2.05, 4.69) is 17.2 Å². The van der Waals surface area contributed by atoms with Gasteiger partial charge in [-0.3, -0.25) is 4.79 Å². The van der Waals surface area contributed by atoms with Crippen molar-refractivity contribution in [3.05, 3.63) is 12.4 Å². The van der Waals surface area contributed by atoms with Gasteiger partial charge in [-0.15, -0.1) is 0 Å². The third-order valence-electron chi connectivity index (χ3n) is 5.31. The molecule has 11 nitrogen and oxygen atoms in total. The van der Waals surface area contributed by atoms with Gasteiger partial charge in [-0.25, -0.2) is 19.3 Å². The van der Waals surface area contributed by atoms with Crippen molar-refractivity contribution in [2.45, 2.75) is 52.1 Å². The maximum atomic E-state index is 13.0. The van der Waals surface area contributed by atoms with Gasteiger partial charge in [0.1, 0.15) is 0 Å². The molecule has 2 fully saturated rings. The Kier molecular flexibility index (Phi) is 8.34. The highest BCUT2D eigenvalue weighted by Gasteiger charge is 2.55. The first-order valence-corrected chi connectivity index (χ1v) is 11.0. The van der Waals surface area contributed by atoms with Crippen LogP contribution >= 0.6 is 0 Å². The highest BCUT2D eigenvalue weighted by atomic mass is 16.5. The van der Waals surface area contributed by atoms with Gasteiger partial charge in [-0.05, 0) is 40.5 Å². The molecule has 0 spiro atoms. The molecule has 0 bridgehead atoms.